The highest BCUT2D eigenvalue weighted by Crippen LogP contribution is 2.02. The van der Waals surface area contributed by atoms with Gasteiger partial charge in [0.1, 0.15) is 11.8 Å². The van der Waals surface area contributed by atoms with Gasteiger partial charge in [0.05, 0.1) is 13.2 Å². The molecule has 1 aromatic heterocycles. The number of aromatic nitrogens is 1. The largest absolute Gasteiger partial charge is 0.375 e. The summed E-state index contributed by atoms with van der Waals surface area (Å²) in [6, 6.07) is 5.57. The fourth-order valence-corrected chi connectivity index (χ4v) is 0.989. The third-order valence-corrected chi connectivity index (χ3v) is 1.70. The van der Waals surface area contributed by atoms with E-state index in [1.54, 1.807) is 12.3 Å². The van der Waals surface area contributed by atoms with Gasteiger partial charge in [-0.05, 0) is 24.7 Å². The van der Waals surface area contributed by atoms with E-state index in [-0.39, 0.29) is 0 Å². The molecule has 0 aliphatic rings. The molecular formula is C10H13N3O. The van der Waals surface area contributed by atoms with E-state index >= 15 is 0 Å². The second-order valence-electron chi connectivity index (χ2n) is 2.82. The molecule has 0 atom stereocenters. The Morgan fingerprint density at radius 2 is 2.50 bits per heavy atom. The third kappa shape index (κ3) is 3.52. The van der Waals surface area contributed by atoms with E-state index in [0.717, 1.165) is 12.1 Å². The molecule has 0 aliphatic heterocycles. The lowest BCUT2D eigenvalue weighted by Crippen LogP contribution is -2.14. The van der Waals surface area contributed by atoms with Crippen LogP contribution in [0.2, 0.25) is 0 Å². The van der Waals surface area contributed by atoms with Crippen LogP contribution >= 0.6 is 0 Å². The van der Waals surface area contributed by atoms with Gasteiger partial charge in [0.2, 0.25) is 0 Å². The first-order valence-corrected chi connectivity index (χ1v) is 4.44. The molecule has 1 heterocycles. The lowest BCUT2D eigenvalue weighted by Gasteiger charge is -2.03. The van der Waals surface area contributed by atoms with Gasteiger partial charge in [0.15, 0.2) is 0 Å². The first kappa shape index (κ1) is 10.6. The van der Waals surface area contributed by atoms with Crippen LogP contribution in [-0.2, 0) is 11.3 Å². The lowest BCUT2D eigenvalue weighted by atomic mass is 10.2. The van der Waals surface area contributed by atoms with Crippen LogP contribution in [0.15, 0.2) is 18.3 Å². The fraction of sp³-hybridized carbons (Fsp3) is 0.400. The average molecular weight is 191 g/mol. The van der Waals surface area contributed by atoms with Gasteiger partial charge in [0, 0.05) is 12.7 Å². The monoisotopic (exact) mass is 191 g/mol. The van der Waals surface area contributed by atoms with Crippen molar-refractivity contribution in [3.63, 3.8) is 0 Å². The Bertz CT molecular complexity index is 319. The van der Waals surface area contributed by atoms with Crippen LogP contribution in [0.5, 0.6) is 0 Å². The maximum absolute atomic E-state index is 8.61. The van der Waals surface area contributed by atoms with Crippen LogP contribution in [0.25, 0.3) is 0 Å². The van der Waals surface area contributed by atoms with Gasteiger partial charge in [-0.2, -0.15) is 5.26 Å². The van der Waals surface area contributed by atoms with Gasteiger partial charge in [-0.25, -0.2) is 4.98 Å². The zero-order chi connectivity index (χ0) is 10.2. The first-order chi connectivity index (χ1) is 6.86. The van der Waals surface area contributed by atoms with Gasteiger partial charge < -0.3 is 10.1 Å². The molecule has 0 amide bonds. The van der Waals surface area contributed by atoms with Gasteiger partial charge in [0.25, 0.3) is 0 Å². The summed E-state index contributed by atoms with van der Waals surface area (Å²) in [5, 5.41) is 11.6. The van der Waals surface area contributed by atoms with Crippen molar-refractivity contribution in [2.75, 3.05) is 20.2 Å². The van der Waals surface area contributed by atoms with Gasteiger partial charge in [-0.1, -0.05) is 0 Å². The SMILES string of the molecule is CNCCOCc1ccnc(C#N)c1. The molecule has 0 saturated heterocycles. The lowest BCUT2D eigenvalue weighted by molar-refractivity contribution is 0.124. The summed E-state index contributed by atoms with van der Waals surface area (Å²) in [6.45, 7) is 2.02. The van der Waals surface area contributed by atoms with Crippen LogP contribution < -0.4 is 5.32 Å². The van der Waals surface area contributed by atoms with E-state index in [4.69, 9.17) is 10.00 Å². The molecule has 0 aliphatic carbocycles. The summed E-state index contributed by atoms with van der Waals surface area (Å²) in [5.41, 5.74) is 1.41. The number of nitrogens with one attached hydrogen (secondary N) is 1. The van der Waals surface area contributed by atoms with Crippen LogP contribution in [-0.4, -0.2) is 25.2 Å². The van der Waals surface area contributed by atoms with Crippen molar-refractivity contribution >= 4 is 0 Å². The van der Waals surface area contributed by atoms with Crippen LogP contribution in [0.4, 0.5) is 0 Å². The van der Waals surface area contributed by atoms with Crippen LogP contribution in [0.1, 0.15) is 11.3 Å². The molecule has 1 N–H and O–H groups in total. The molecule has 74 valence electrons. The summed E-state index contributed by atoms with van der Waals surface area (Å²) in [5.74, 6) is 0. The molecule has 1 rings (SSSR count). The molecule has 0 bridgehead atoms. The third-order valence-electron chi connectivity index (χ3n) is 1.70. The smallest absolute Gasteiger partial charge is 0.140 e. The summed E-state index contributed by atoms with van der Waals surface area (Å²) < 4.78 is 5.36. The van der Waals surface area contributed by atoms with Crippen molar-refractivity contribution in [3.05, 3.63) is 29.6 Å². The Hall–Kier alpha value is -1.44. The second-order valence-corrected chi connectivity index (χ2v) is 2.82. The predicted molar refractivity (Wildman–Crippen MR) is 52.5 cm³/mol. The van der Waals surface area contributed by atoms with Crippen molar-refractivity contribution in [1.29, 1.82) is 5.26 Å². The summed E-state index contributed by atoms with van der Waals surface area (Å²) in [4.78, 5) is 3.87. The predicted octanol–water partition coefficient (Wildman–Crippen LogP) is 0.689. The number of rotatable bonds is 5. The molecule has 0 radical (unpaired) electrons. The molecule has 0 saturated carbocycles. The number of hydrogen-bond donors (Lipinski definition) is 1. The molecule has 0 spiro atoms. The van der Waals surface area contributed by atoms with Crippen molar-refractivity contribution in [3.8, 4) is 6.07 Å². The summed E-state index contributed by atoms with van der Waals surface area (Å²) >= 11 is 0. The number of likely N-dealkylation sites (N-methyl/N-ethyl adjacent to an activating group) is 1. The van der Waals surface area contributed by atoms with Gasteiger partial charge in [-0.3, -0.25) is 0 Å². The van der Waals surface area contributed by atoms with Gasteiger partial charge in [-0.15, -0.1) is 0 Å². The van der Waals surface area contributed by atoms with Crippen molar-refractivity contribution in [2.24, 2.45) is 0 Å². The minimum atomic E-state index is 0.430. The second kappa shape index (κ2) is 6.08. The van der Waals surface area contributed by atoms with E-state index in [1.165, 1.54) is 0 Å². The minimum absolute atomic E-state index is 0.430. The topological polar surface area (TPSA) is 57.9 Å². The van der Waals surface area contributed by atoms with E-state index in [1.807, 2.05) is 19.2 Å². The molecule has 14 heavy (non-hydrogen) atoms. The zero-order valence-electron chi connectivity index (χ0n) is 8.16. The highest BCUT2D eigenvalue weighted by Gasteiger charge is 1.95. The minimum Gasteiger partial charge on any atom is -0.375 e. The Kier molecular flexibility index (Phi) is 4.62. The first-order valence-electron chi connectivity index (χ1n) is 4.44. The quantitative estimate of drug-likeness (QED) is 0.696. The summed E-state index contributed by atoms with van der Waals surface area (Å²) in [6.07, 6.45) is 1.62. The number of nitrogens with zero attached hydrogens (tertiary/aromatic N) is 2. The molecule has 0 unspecified atom stereocenters. The number of ether oxygens (including phenoxy) is 1. The maximum atomic E-state index is 8.61. The Morgan fingerprint density at radius 3 is 3.21 bits per heavy atom. The van der Waals surface area contributed by atoms with Crippen molar-refractivity contribution in [1.82, 2.24) is 10.3 Å². The van der Waals surface area contributed by atoms with Crippen LogP contribution in [0, 0.1) is 11.3 Å². The standard InChI is InChI=1S/C10H13N3O/c1-12-4-5-14-8-9-2-3-13-10(6-9)7-11/h2-3,6,12H,4-5,8H2,1H3. The molecule has 4 heteroatoms. The Labute approximate surface area is 83.5 Å². The van der Waals surface area contributed by atoms with E-state index in [0.29, 0.717) is 18.9 Å². The molecule has 0 aromatic carbocycles. The Balaban J connectivity index is 2.39. The molecule has 0 fully saturated rings. The fourth-order valence-electron chi connectivity index (χ4n) is 0.989. The van der Waals surface area contributed by atoms with Crippen molar-refractivity contribution < 1.29 is 4.74 Å². The van der Waals surface area contributed by atoms with E-state index < -0.39 is 0 Å². The highest BCUT2D eigenvalue weighted by atomic mass is 16.5. The Morgan fingerprint density at radius 1 is 1.64 bits per heavy atom. The maximum Gasteiger partial charge on any atom is 0.140 e. The molecular weight excluding hydrogens is 178 g/mol. The van der Waals surface area contributed by atoms with Crippen LogP contribution in [0.3, 0.4) is 0 Å². The van der Waals surface area contributed by atoms with E-state index in [2.05, 4.69) is 10.3 Å². The number of hydrogen-bond acceptors (Lipinski definition) is 4. The molecule has 1 aromatic rings. The van der Waals surface area contributed by atoms with E-state index in [9.17, 15) is 0 Å². The average Bonchev–Trinajstić information content (AvgIpc) is 2.25. The van der Waals surface area contributed by atoms with Crippen molar-refractivity contribution in [2.45, 2.75) is 6.61 Å². The zero-order valence-corrected chi connectivity index (χ0v) is 8.16. The number of nitriles is 1. The summed E-state index contributed by atoms with van der Waals surface area (Å²) in [7, 11) is 1.88. The number of pyridine rings is 1. The normalized spacial score (nSPS) is 9.71. The molecule has 4 nitrogen and oxygen atoms in total. The highest BCUT2D eigenvalue weighted by molar-refractivity contribution is 5.24. The van der Waals surface area contributed by atoms with Gasteiger partial charge >= 0.3 is 0 Å².